The molecule has 5 heteroatoms. The molecule has 4 N–H and O–H groups in total. The molecule has 1 aromatic carbocycles. The summed E-state index contributed by atoms with van der Waals surface area (Å²) >= 11 is 0. The molecule has 5 nitrogen and oxygen atoms in total. The molecular weight excluding hydrogens is 230 g/mol. The Hall–Kier alpha value is -2.04. The van der Waals surface area contributed by atoms with Gasteiger partial charge >= 0.3 is 0 Å². The number of amides is 1. The van der Waals surface area contributed by atoms with Gasteiger partial charge < -0.3 is 16.3 Å². The third-order valence-electron chi connectivity index (χ3n) is 3.37. The summed E-state index contributed by atoms with van der Waals surface area (Å²) < 4.78 is 0. The van der Waals surface area contributed by atoms with Gasteiger partial charge in [-0.25, -0.2) is 0 Å². The van der Waals surface area contributed by atoms with E-state index in [1.807, 2.05) is 19.1 Å². The molecule has 1 aromatic rings. The number of carbonyl (C=O) groups excluding carboxylic acids is 1. The Balaban J connectivity index is 2.26. The number of benzene rings is 1. The molecule has 0 aromatic heterocycles. The number of nitrogens with one attached hydrogen (secondary N) is 1. The van der Waals surface area contributed by atoms with Crippen LogP contribution in [-0.4, -0.2) is 17.0 Å². The van der Waals surface area contributed by atoms with E-state index in [1.54, 1.807) is 6.07 Å². The Morgan fingerprint density at radius 3 is 2.78 bits per heavy atom. The van der Waals surface area contributed by atoms with Crippen LogP contribution in [0.1, 0.15) is 30.4 Å². The molecule has 1 aliphatic carbocycles. The van der Waals surface area contributed by atoms with E-state index in [1.165, 1.54) is 0 Å². The lowest BCUT2D eigenvalue weighted by Crippen LogP contribution is -2.29. The van der Waals surface area contributed by atoms with Crippen molar-refractivity contribution in [3.8, 4) is 0 Å². The van der Waals surface area contributed by atoms with Crippen LogP contribution >= 0.6 is 0 Å². The molecule has 2 rings (SSSR count). The maximum atomic E-state index is 11.9. The zero-order valence-corrected chi connectivity index (χ0v) is 10.3. The van der Waals surface area contributed by atoms with Crippen molar-refractivity contribution in [2.75, 3.05) is 5.32 Å². The topological polar surface area (TPSA) is 87.7 Å². The Labute approximate surface area is 106 Å². The van der Waals surface area contributed by atoms with E-state index < -0.39 is 0 Å². The fraction of sp³-hybridized carbons (Fsp3) is 0.385. The zero-order valence-electron chi connectivity index (χ0n) is 10.3. The molecule has 96 valence electrons. The summed E-state index contributed by atoms with van der Waals surface area (Å²) in [5.41, 5.74) is 7.68. The highest BCUT2D eigenvalue weighted by molar-refractivity contribution is 6.06. The van der Waals surface area contributed by atoms with Gasteiger partial charge in [0.2, 0.25) is 5.91 Å². The van der Waals surface area contributed by atoms with Crippen molar-refractivity contribution in [1.82, 2.24) is 0 Å². The zero-order chi connectivity index (χ0) is 13.1. The van der Waals surface area contributed by atoms with Crippen molar-refractivity contribution >= 4 is 17.4 Å². The summed E-state index contributed by atoms with van der Waals surface area (Å²) in [5.74, 6) is 0.126. The highest BCUT2D eigenvalue weighted by Gasteiger charge is 2.26. The second-order valence-electron chi connectivity index (χ2n) is 4.60. The molecule has 0 unspecified atom stereocenters. The number of hydrogen-bond acceptors (Lipinski definition) is 3. The van der Waals surface area contributed by atoms with Gasteiger partial charge in [0, 0.05) is 11.5 Å². The van der Waals surface area contributed by atoms with Crippen LogP contribution in [0.5, 0.6) is 0 Å². The minimum absolute atomic E-state index is 0.0111. The molecule has 0 heterocycles. The largest absolute Gasteiger partial charge is 0.409 e. The van der Waals surface area contributed by atoms with Crippen LogP contribution < -0.4 is 11.1 Å². The van der Waals surface area contributed by atoms with Crippen molar-refractivity contribution in [2.24, 2.45) is 16.8 Å². The number of carbonyl (C=O) groups is 1. The van der Waals surface area contributed by atoms with Crippen molar-refractivity contribution in [3.05, 3.63) is 29.3 Å². The van der Waals surface area contributed by atoms with E-state index in [4.69, 9.17) is 10.9 Å². The van der Waals surface area contributed by atoms with Crippen molar-refractivity contribution in [3.63, 3.8) is 0 Å². The lowest BCUT2D eigenvalue weighted by Gasteiger charge is -2.24. The summed E-state index contributed by atoms with van der Waals surface area (Å²) in [4.78, 5) is 11.9. The minimum Gasteiger partial charge on any atom is -0.409 e. The standard InChI is InChI=1S/C13H17N3O2/c1-8-4-2-7-10(11(8)12(14)16-18)15-13(17)9-5-3-6-9/h2,4,7,9,18H,3,5-6H2,1H3,(H2,14,16)(H,15,17). The minimum atomic E-state index is 0.0111. The smallest absolute Gasteiger partial charge is 0.227 e. The fourth-order valence-electron chi connectivity index (χ4n) is 2.07. The number of rotatable bonds is 3. The van der Waals surface area contributed by atoms with E-state index in [2.05, 4.69) is 10.5 Å². The number of anilines is 1. The fourth-order valence-corrected chi connectivity index (χ4v) is 2.07. The van der Waals surface area contributed by atoms with Crippen LogP contribution in [0.3, 0.4) is 0 Å². The quantitative estimate of drug-likeness (QED) is 0.329. The monoisotopic (exact) mass is 247 g/mol. The molecule has 1 fully saturated rings. The van der Waals surface area contributed by atoms with Crippen molar-refractivity contribution in [2.45, 2.75) is 26.2 Å². The number of nitrogens with zero attached hydrogens (tertiary/aromatic N) is 1. The maximum absolute atomic E-state index is 11.9. The maximum Gasteiger partial charge on any atom is 0.227 e. The molecule has 1 amide bonds. The van der Waals surface area contributed by atoms with Crippen molar-refractivity contribution < 1.29 is 10.0 Å². The Morgan fingerprint density at radius 1 is 1.50 bits per heavy atom. The van der Waals surface area contributed by atoms with Gasteiger partial charge in [0.05, 0.1) is 5.69 Å². The third kappa shape index (κ3) is 2.30. The van der Waals surface area contributed by atoms with Crippen LogP contribution in [0.2, 0.25) is 0 Å². The van der Waals surface area contributed by atoms with E-state index in [-0.39, 0.29) is 17.7 Å². The van der Waals surface area contributed by atoms with Crippen LogP contribution in [0.4, 0.5) is 5.69 Å². The third-order valence-corrected chi connectivity index (χ3v) is 3.37. The summed E-state index contributed by atoms with van der Waals surface area (Å²) in [6.45, 7) is 1.85. The van der Waals surface area contributed by atoms with Crippen LogP contribution in [0.25, 0.3) is 0 Å². The van der Waals surface area contributed by atoms with Gasteiger partial charge in [0.1, 0.15) is 0 Å². The van der Waals surface area contributed by atoms with E-state index >= 15 is 0 Å². The molecule has 0 aliphatic heterocycles. The molecule has 0 spiro atoms. The molecule has 0 bridgehead atoms. The first-order valence-electron chi connectivity index (χ1n) is 6.02. The number of nitrogens with two attached hydrogens (primary N) is 1. The van der Waals surface area contributed by atoms with Gasteiger partial charge in [-0.05, 0) is 31.4 Å². The summed E-state index contributed by atoms with van der Waals surface area (Å²) in [7, 11) is 0. The van der Waals surface area contributed by atoms with E-state index in [0.717, 1.165) is 24.8 Å². The van der Waals surface area contributed by atoms with Crippen LogP contribution in [-0.2, 0) is 4.79 Å². The average molecular weight is 247 g/mol. The first-order chi connectivity index (χ1) is 8.63. The first-order valence-corrected chi connectivity index (χ1v) is 6.02. The van der Waals surface area contributed by atoms with Crippen LogP contribution in [0.15, 0.2) is 23.4 Å². The van der Waals surface area contributed by atoms with Crippen LogP contribution in [0, 0.1) is 12.8 Å². The highest BCUT2D eigenvalue weighted by atomic mass is 16.4. The predicted octanol–water partition coefficient (Wildman–Crippen LogP) is 1.83. The van der Waals surface area contributed by atoms with Gasteiger partial charge in [-0.2, -0.15) is 0 Å². The van der Waals surface area contributed by atoms with E-state index in [0.29, 0.717) is 11.3 Å². The second-order valence-corrected chi connectivity index (χ2v) is 4.60. The van der Waals surface area contributed by atoms with Gasteiger partial charge in [0.15, 0.2) is 5.84 Å². The summed E-state index contributed by atoms with van der Waals surface area (Å²) in [5, 5.41) is 14.7. The molecule has 0 radical (unpaired) electrons. The lowest BCUT2D eigenvalue weighted by molar-refractivity contribution is -0.122. The lowest BCUT2D eigenvalue weighted by atomic mass is 9.84. The SMILES string of the molecule is Cc1cccc(NC(=O)C2CCC2)c1/C(N)=N/O. The Morgan fingerprint density at radius 2 is 2.22 bits per heavy atom. The average Bonchev–Trinajstić information content (AvgIpc) is 2.26. The molecule has 0 saturated heterocycles. The number of hydrogen-bond donors (Lipinski definition) is 3. The van der Waals surface area contributed by atoms with Crippen molar-refractivity contribution in [1.29, 1.82) is 0 Å². The first kappa shape index (κ1) is 12.4. The number of oxime groups is 1. The normalized spacial score (nSPS) is 16.2. The molecule has 0 atom stereocenters. The summed E-state index contributed by atoms with van der Waals surface area (Å²) in [6.07, 6.45) is 2.99. The summed E-state index contributed by atoms with van der Waals surface area (Å²) in [6, 6.07) is 5.45. The van der Waals surface area contributed by atoms with E-state index in [9.17, 15) is 4.79 Å². The number of aryl methyl sites for hydroxylation is 1. The van der Waals surface area contributed by atoms with Gasteiger partial charge in [-0.1, -0.05) is 23.7 Å². The highest BCUT2D eigenvalue weighted by Crippen LogP contribution is 2.28. The van der Waals surface area contributed by atoms with Gasteiger partial charge in [-0.3, -0.25) is 4.79 Å². The molecular formula is C13H17N3O2. The van der Waals surface area contributed by atoms with Gasteiger partial charge in [-0.15, -0.1) is 0 Å². The Kier molecular flexibility index (Phi) is 3.50. The predicted molar refractivity (Wildman–Crippen MR) is 69.7 cm³/mol. The Bertz CT molecular complexity index is 493. The molecule has 18 heavy (non-hydrogen) atoms. The van der Waals surface area contributed by atoms with Gasteiger partial charge in [0.25, 0.3) is 0 Å². The molecule has 1 saturated carbocycles. The second kappa shape index (κ2) is 5.08. The number of amidine groups is 1. The molecule has 1 aliphatic rings.